The Hall–Kier alpha value is -3.18. The average Bonchev–Trinajstić information content (AvgIpc) is 3.31. The van der Waals surface area contributed by atoms with Gasteiger partial charge in [0.1, 0.15) is 0 Å². The molecule has 4 aliphatic rings. The van der Waals surface area contributed by atoms with Crippen LogP contribution in [-0.2, 0) is 16.1 Å². The number of allylic oxidation sites excluding steroid dienone is 2. The van der Waals surface area contributed by atoms with E-state index in [0.29, 0.717) is 6.54 Å². The normalized spacial score (nSPS) is 26.6. The number of amides is 2. The van der Waals surface area contributed by atoms with Crippen LogP contribution in [0.4, 0.5) is 0 Å². The molecule has 2 heterocycles. The first-order valence-electron chi connectivity index (χ1n) is 11.0. The zero-order valence-electron chi connectivity index (χ0n) is 17.4. The van der Waals surface area contributed by atoms with Crippen molar-refractivity contribution < 1.29 is 9.59 Å². The van der Waals surface area contributed by atoms with Gasteiger partial charge in [-0.15, -0.1) is 0 Å². The Morgan fingerprint density at radius 3 is 2.28 bits per heavy atom. The fourth-order valence-corrected chi connectivity index (χ4v) is 5.81. The largest absolute Gasteiger partial charge is 0.342 e. The number of halogens is 1. The molecule has 1 aliphatic heterocycles. The van der Waals surface area contributed by atoms with Gasteiger partial charge in [0.15, 0.2) is 0 Å². The van der Waals surface area contributed by atoms with Crippen molar-refractivity contribution in [1.29, 1.82) is 0 Å². The zero-order valence-corrected chi connectivity index (χ0v) is 18.2. The maximum atomic E-state index is 13.0. The summed E-state index contributed by atoms with van der Waals surface area (Å²) in [4.78, 5) is 26.1. The van der Waals surface area contributed by atoms with Crippen LogP contribution in [0.3, 0.4) is 0 Å². The van der Waals surface area contributed by atoms with Crippen molar-refractivity contribution in [1.82, 2.24) is 9.58 Å². The second-order valence-electron chi connectivity index (χ2n) is 8.90. The number of imide groups is 1. The lowest BCUT2D eigenvalue weighted by Crippen LogP contribution is -2.38. The SMILES string of the molecule is O=C1[C@@H]2[C@@H](C(=O)N1/N=C\c1cn(Cc3ccccc3Cl)c3ccccc13)[C@H]1C=C[C@H]2CC1. The van der Waals surface area contributed by atoms with Crippen LogP contribution in [-0.4, -0.2) is 27.6 Å². The number of para-hydroxylation sites is 1. The van der Waals surface area contributed by atoms with Crippen LogP contribution >= 0.6 is 11.6 Å². The predicted molar refractivity (Wildman–Crippen MR) is 124 cm³/mol. The Bertz CT molecular complexity index is 1280. The highest BCUT2D eigenvalue weighted by Gasteiger charge is 2.56. The monoisotopic (exact) mass is 443 g/mol. The molecule has 5 nitrogen and oxygen atoms in total. The van der Waals surface area contributed by atoms with E-state index in [-0.39, 0.29) is 35.5 Å². The van der Waals surface area contributed by atoms with Crippen LogP contribution in [0.5, 0.6) is 0 Å². The highest BCUT2D eigenvalue weighted by atomic mass is 35.5. The molecule has 0 unspecified atom stereocenters. The van der Waals surface area contributed by atoms with E-state index in [9.17, 15) is 9.59 Å². The van der Waals surface area contributed by atoms with Gasteiger partial charge in [-0.05, 0) is 42.4 Å². The molecule has 2 amide bonds. The van der Waals surface area contributed by atoms with Crippen LogP contribution in [0.25, 0.3) is 10.9 Å². The van der Waals surface area contributed by atoms with Gasteiger partial charge >= 0.3 is 0 Å². The maximum Gasteiger partial charge on any atom is 0.254 e. The Labute approximate surface area is 191 Å². The maximum absolute atomic E-state index is 13.0. The van der Waals surface area contributed by atoms with Gasteiger partial charge in [-0.25, -0.2) is 0 Å². The van der Waals surface area contributed by atoms with E-state index < -0.39 is 0 Å². The standard InChI is InChI=1S/C26H22ClN3O2/c27-21-7-3-1-5-18(21)14-29-15-19(20-6-2-4-8-22(20)29)13-28-30-25(31)23-16-9-10-17(12-11-16)24(23)26(30)32/h1-10,13,15-17,23-24H,11-12,14H2/b28-13-/t16-,17-,23-,24-/m0/s1. The molecule has 2 aromatic carbocycles. The molecule has 1 saturated carbocycles. The average molecular weight is 444 g/mol. The van der Waals surface area contributed by atoms with Gasteiger partial charge in [-0.2, -0.15) is 10.1 Å². The number of hydrazone groups is 1. The van der Waals surface area contributed by atoms with E-state index in [1.54, 1.807) is 6.21 Å². The van der Waals surface area contributed by atoms with Gasteiger partial charge in [0, 0.05) is 34.2 Å². The van der Waals surface area contributed by atoms with Crippen LogP contribution in [0.15, 0.2) is 72.0 Å². The number of rotatable bonds is 4. The number of aromatic nitrogens is 1. The summed E-state index contributed by atoms with van der Waals surface area (Å²) < 4.78 is 2.12. The third-order valence-corrected chi connectivity index (χ3v) is 7.54. The Morgan fingerprint density at radius 2 is 1.59 bits per heavy atom. The van der Waals surface area contributed by atoms with Crippen molar-refractivity contribution in [2.24, 2.45) is 28.8 Å². The lowest BCUT2D eigenvalue weighted by molar-refractivity contribution is -0.140. The summed E-state index contributed by atoms with van der Waals surface area (Å²) in [6.45, 7) is 0.620. The minimum Gasteiger partial charge on any atom is -0.342 e. The van der Waals surface area contributed by atoms with E-state index in [1.165, 1.54) is 0 Å². The molecule has 2 fully saturated rings. The zero-order chi connectivity index (χ0) is 21.8. The van der Waals surface area contributed by atoms with Crippen LogP contribution < -0.4 is 0 Å². The molecule has 0 N–H and O–H groups in total. The van der Waals surface area contributed by atoms with Gasteiger partial charge in [0.05, 0.1) is 18.1 Å². The Morgan fingerprint density at radius 1 is 0.938 bits per heavy atom. The molecule has 1 saturated heterocycles. The first-order valence-corrected chi connectivity index (χ1v) is 11.4. The smallest absolute Gasteiger partial charge is 0.254 e. The summed E-state index contributed by atoms with van der Waals surface area (Å²) in [5, 5.41) is 7.26. The minimum atomic E-state index is -0.245. The molecule has 1 aromatic heterocycles. The van der Waals surface area contributed by atoms with E-state index in [4.69, 9.17) is 11.6 Å². The van der Waals surface area contributed by atoms with Crippen LogP contribution in [0, 0.1) is 23.7 Å². The summed E-state index contributed by atoms with van der Waals surface area (Å²) in [6.07, 6.45) is 9.85. The minimum absolute atomic E-state index is 0.157. The quantitative estimate of drug-likeness (QED) is 0.328. The lowest BCUT2D eigenvalue weighted by atomic mass is 9.63. The van der Waals surface area contributed by atoms with E-state index in [2.05, 4.69) is 21.8 Å². The third kappa shape index (κ3) is 2.95. The summed E-state index contributed by atoms with van der Waals surface area (Å²) in [7, 11) is 0. The predicted octanol–water partition coefficient (Wildman–Crippen LogP) is 4.87. The van der Waals surface area contributed by atoms with Crippen molar-refractivity contribution in [3.63, 3.8) is 0 Å². The molecule has 7 rings (SSSR count). The van der Waals surface area contributed by atoms with Crippen LogP contribution in [0.2, 0.25) is 5.02 Å². The van der Waals surface area contributed by atoms with Crippen molar-refractivity contribution in [3.05, 3.63) is 83.0 Å². The number of carbonyl (C=O) groups is 2. The second kappa shape index (κ2) is 7.45. The summed E-state index contributed by atoms with van der Waals surface area (Å²) in [5.41, 5.74) is 2.93. The van der Waals surface area contributed by atoms with Gasteiger partial charge < -0.3 is 4.57 Å². The van der Waals surface area contributed by atoms with Crippen molar-refractivity contribution >= 4 is 40.5 Å². The summed E-state index contributed by atoms with van der Waals surface area (Å²) in [6, 6.07) is 15.8. The molecule has 160 valence electrons. The molecule has 3 aromatic rings. The summed E-state index contributed by atoms with van der Waals surface area (Å²) in [5.74, 6) is -0.474. The van der Waals surface area contributed by atoms with Gasteiger partial charge in [-0.1, -0.05) is 60.2 Å². The fraction of sp³-hybridized carbons (Fsp3) is 0.269. The van der Waals surface area contributed by atoms with Crippen molar-refractivity contribution in [3.8, 4) is 0 Å². The van der Waals surface area contributed by atoms with E-state index >= 15 is 0 Å². The number of carbonyl (C=O) groups excluding carboxylic acids is 2. The molecule has 2 bridgehead atoms. The number of hydrogen-bond acceptors (Lipinski definition) is 3. The lowest BCUT2D eigenvalue weighted by Gasteiger charge is -2.37. The van der Waals surface area contributed by atoms with E-state index in [0.717, 1.165) is 44.9 Å². The van der Waals surface area contributed by atoms with E-state index in [1.807, 2.05) is 54.7 Å². The molecule has 0 spiro atoms. The third-order valence-electron chi connectivity index (χ3n) is 7.17. The topological polar surface area (TPSA) is 54.7 Å². The van der Waals surface area contributed by atoms with Crippen molar-refractivity contribution in [2.45, 2.75) is 19.4 Å². The molecule has 0 radical (unpaired) electrons. The number of hydrogen-bond donors (Lipinski definition) is 0. The first-order chi connectivity index (χ1) is 15.6. The van der Waals surface area contributed by atoms with Gasteiger partial charge in [0.2, 0.25) is 0 Å². The molecular formula is C26H22ClN3O2. The Kier molecular flexibility index (Phi) is 4.54. The highest BCUT2D eigenvalue weighted by molar-refractivity contribution is 6.31. The molecular weight excluding hydrogens is 422 g/mol. The van der Waals surface area contributed by atoms with Crippen LogP contribution in [0.1, 0.15) is 24.0 Å². The molecule has 32 heavy (non-hydrogen) atoms. The van der Waals surface area contributed by atoms with Crippen molar-refractivity contribution in [2.75, 3.05) is 0 Å². The molecule has 3 aliphatic carbocycles. The van der Waals surface area contributed by atoms with Gasteiger partial charge in [0.25, 0.3) is 11.8 Å². The Balaban J connectivity index is 1.33. The number of benzene rings is 2. The number of fused-ring (bicyclic) bond motifs is 2. The van der Waals surface area contributed by atoms with Gasteiger partial charge in [-0.3, -0.25) is 9.59 Å². The molecule has 4 atom stereocenters. The first kappa shape index (κ1) is 19.5. The second-order valence-corrected chi connectivity index (χ2v) is 9.30. The summed E-state index contributed by atoms with van der Waals surface area (Å²) >= 11 is 6.37. The number of nitrogens with zero attached hydrogens (tertiary/aromatic N) is 3. The highest BCUT2D eigenvalue weighted by Crippen LogP contribution is 2.49. The fourth-order valence-electron chi connectivity index (χ4n) is 5.61. The molecule has 6 heteroatoms.